The Morgan fingerprint density at radius 3 is 1.68 bits per heavy atom. The van der Waals surface area contributed by atoms with Crippen LogP contribution in [0.2, 0.25) is 0 Å². The molecule has 0 saturated carbocycles. The van der Waals surface area contributed by atoms with Crippen LogP contribution < -0.4 is 0 Å². The number of aromatic nitrogens is 3. The molecule has 0 atom stereocenters. The van der Waals surface area contributed by atoms with Crippen LogP contribution in [0.3, 0.4) is 0 Å². The maximum absolute atomic E-state index is 5.20. The third-order valence-electron chi connectivity index (χ3n) is 6.83. The molecule has 2 aromatic heterocycles. The molecule has 37 heavy (non-hydrogen) atoms. The molecule has 0 radical (unpaired) electrons. The lowest BCUT2D eigenvalue weighted by Gasteiger charge is -2.11. The summed E-state index contributed by atoms with van der Waals surface area (Å²) < 4.78 is 2.25. The van der Waals surface area contributed by atoms with Crippen molar-refractivity contribution >= 4 is 21.9 Å². The molecule has 7 aromatic rings. The predicted octanol–water partition coefficient (Wildman–Crippen LogP) is 8.57. The van der Waals surface area contributed by atoms with Crippen LogP contribution in [-0.4, -0.2) is 14.5 Å². The van der Waals surface area contributed by atoms with Crippen molar-refractivity contribution < 1.29 is 0 Å². The molecule has 0 spiro atoms. The lowest BCUT2D eigenvalue weighted by atomic mass is 10.0. The standard InChI is InChI=1S/C34H23N3/c1-4-12-24(13-5-1)25-20-22-27(23-21-25)33-35-32(26-14-6-2-7-15-26)31-29-18-10-11-19-30(29)37(34(31)36-33)28-16-8-3-9-17-28/h1-23H. The molecule has 0 unspecified atom stereocenters. The van der Waals surface area contributed by atoms with Gasteiger partial charge in [0, 0.05) is 22.2 Å². The molecule has 0 fully saturated rings. The van der Waals surface area contributed by atoms with Crippen molar-refractivity contribution in [2.45, 2.75) is 0 Å². The minimum absolute atomic E-state index is 0.714. The van der Waals surface area contributed by atoms with Gasteiger partial charge >= 0.3 is 0 Å². The van der Waals surface area contributed by atoms with Gasteiger partial charge in [0.15, 0.2) is 5.82 Å². The second-order valence-electron chi connectivity index (χ2n) is 9.09. The van der Waals surface area contributed by atoms with E-state index in [9.17, 15) is 0 Å². The van der Waals surface area contributed by atoms with Crippen molar-refractivity contribution in [3.8, 4) is 39.5 Å². The summed E-state index contributed by atoms with van der Waals surface area (Å²) in [5, 5.41) is 2.21. The number of benzene rings is 5. The zero-order valence-corrected chi connectivity index (χ0v) is 20.1. The monoisotopic (exact) mass is 473 g/mol. The molecule has 2 heterocycles. The fraction of sp³-hybridized carbons (Fsp3) is 0. The summed E-state index contributed by atoms with van der Waals surface area (Å²) in [6.07, 6.45) is 0. The van der Waals surface area contributed by atoms with E-state index in [1.54, 1.807) is 0 Å². The summed E-state index contributed by atoms with van der Waals surface area (Å²) in [7, 11) is 0. The summed E-state index contributed by atoms with van der Waals surface area (Å²) in [5.41, 5.74) is 8.48. The Hall–Kier alpha value is -5.02. The Kier molecular flexibility index (Phi) is 5.11. The minimum Gasteiger partial charge on any atom is -0.294 e. The summed E-state index contributed by atoms with van der Waals surface area (Å²) in [5.74, 6) is 0.714. The van der Waals surface area contributed by atoms with Crippen LogP contribution in [0, 0.1) is 0 Å². The second-order valence-corrected chi connectivity index (χ2v) is 9.09. The van der Waals surface area contributed by atoms with E-state index in [2.05, 4.69) is 126 Å². The van der Waals surface area contributed by atoms with Crippen LogP contribution >= 0.6 is 0 Å². The Balaban J connectivity index is 1.52. The highest BCUT2D eigenvalue weighted by molar-refractivity contribution is 6.14. The molecule has 0 saturated heterocycles. The molecular weight excluding hydrogens is 450 g/mol. The highest BCUT2D eigenvalue weighted by atomic mass is 15.1. The van der Waals surface area contributed by atoms with E-state index in [0.717, 1.165) is 44.4 Å². The van der Waals surface area contributed by atoms with Crippen molar-refractivity contribution in [3.05, 3.63) is 140 Å². The van der Waals surface area contributed by atoms with Crippen molar-refractivity contribution in [2.75, 3.05) is 0 Å². The number of para-hydroxylation sites is 2. The Bertz CT molecular complexity index is 1840. The molecule has 0 amide bonds. The van der Waals surface area contributed by atoms with Gasteiger partial charge in [0.25, 0.3) is 0 Å². The summed E-state index contributed by atoms with van der Waals surface area (Å²) >= 11 is 0. The largest absolute Gasteiger partial charge is 0.294 e. The van der Waals surface area contributed by atoms with E-state index in [4.69, 9.17) is 9.97 Å². The third kappa shape index (κ3) is 3.69. The molecule has 174 valence electrons. The van der Waals surface area contributed by atoms with E-state index in [1.165, 1.54) is 11.1 Å². The summed E-state index contributed by atoms with van der Waals surface area (Å²) in [6, 6.07) is 48.3. The molecule has 0 aliphatic heterocycles. The Labute approximate surface area is 215 Å². The zero-order valence-electron chi connectivity index (χ0n) is 20.1. The zero-order chi connectivity index (χ0) is 24.6. The maximum atomic E-state index is 5.20. The normalized spacial score (nSPS) is 11.2. The second kappa shape index (κ2) is 8.89. The maximum Gasteiger partial charge on any atom is 0.162 e. The van der Waals surface area contributed by atoms with Gasteiger partial charge in [-0.1, -0.05) is 121 Å². The van der Waals surface area contributed by atoms with Crippen molar-refractivity contribution in [1.29, 1.82) is 0 Å². The van der Waals surface area contributed by atoms with E-state index in [0.29, 0.717) is 5.82 Å². The number of fused-ring (bicyclic) bond motifs is 3. The molecule has 0 aliphatic carbocycles. The Morgan fingerprint density at radius 2 is 0.973 bits per heavy atom. The lowest BCUT2D eigenvalue weighted by molar-refractivity contribution is 1.11. The Morgan fingerprint density at radius 1 is 0.432 bits per heavy atom. The molecular formula is C34H23N3. The average Bonchev–Trinajstić information content (AvgIpc) is 3.32. The van der Waals surface area contributed by atoms with Crippen LogP contribution in [0.1, 0.15) is 0 Å². The van der Waals surface area contributed by atoms with Gasteiger partial charge in [0.2, 0.25) is 0 Å². The first-order valence-electron chi connectivity index (χ1n) is 12.4. The molecule has 3 heteroatoms. The van der Waals surface area contributed by atoms with Gasteiger partial charge in [0.05, 0.1) is 16.6 Å². The highest BCUT2D eigenvalue weighted by Gasteiger charge is 2.20. The number of hydrogen-bond donors (Lipinski definition) is 0. The third-order valence-corrected chi connectivity index (χ3v) is 6.83. The first-order chi connectivity index (χ1) is 18.4. The molecule has 0 aliphatic rings. The number of nitrogens with zero attached hydrogens (tertiary/aromatic N) is 3. The van der Waals surface area contributed by atoms with Gasteiger partial charge < -0.3 is 0 Å². The lowest BCUT2D eigenvalue weighted by Crippen LogP contribution is -1.99. The minimum atomic E-state index is 0.714. The molecule has 3 nitrogen and oxygen atoms in total. The molecule has 0 bridgehead atoms. The number of hydrogen-bond acceptors (Lipinski definition) is 2. The van der Waals surface area contributed by atoms with E-state index in [-0.39, 0.29) is 0 Å². The number of rotatable bonds is 4. The van der Waals surface area contributed by atoms with Gasteiger partial charge in [-0.05, 0) is 29.3 Å². The van der Waals surface area contributed by atoms with Crippen molar-refractivity contribution in [3.63, 3.8) is 0 Å². The molecule has 7 rings (SSSR count). The van der Waals surface area contributed by atoms with Crippen LogP contribution in [0.15, 0.2) is 140 Å². The highest BCUT2D eigenvalue weighted by Crippen LogP contribution is 2.38. The van der Waals surface area contributed by atoms with Crippen LogP contribution in [0.5, 0.6) is 0 Å². The SMILES string of the molecule is c1ccc(-c2ccc(-c3nc(-c4ccccc4)c4c5ccccc5n(-c5ccccc5)c4n3)cc2)cc1. The van der Waals surface area contributed by atoms with Gasteiger partial charge in [-0.25, -0.2) is 9.97 Å². The van der Waals surface area contributed by atoms with Gasteiger partial charge in [-0.15, -0.1) is 0 Å². The first-order valence-corrected chi connectivity index (χ1v) is 12.4. The van der Waals surface area contributed by atoms with Gasteiger partial charge in [0.1, 0.15) is 5.65 Å². The smallest absolute Gasteiger partial charge is 0.162 e. The summed E-state index contributed by atoms with van der Waals surface area (Å²) in [4.78, 5) is 10.4. The van der Waals surface area contributed by atoms with E-state index in [1.807, 2.05) is 18.2 Å². The van der Waals surface area contributed by atoms with E-state index < -0.39 is 0 Å². The van der Waals surface area contributed by atoms with E-state index >= 15 is 0 Å². The van der Waals surface area contributed by atoms with Gasteiger partial charge in [-0.2, -0.15) is 0 Å². The van der Waals surface area contributed by atoms with Gasteiger partial charge in [-0.3, -0.25) is 4.57 Å². The van der Waals surface area contributed by atoms with Crippen LogP contribution in [0.25, 0.3) is 61.4 Å². The fourth-order valence-electron chi connectivity index (χ4n) is 5.07. The topological polar surface area (TPSA) is 30.7 Å². The summed E-state index contributed by atoms with van der Waals surface area (Å²) in [6.45, 7) is 0. The van der Waals surface area contributed by atoms with Crippen LogP contribution in [0.4, 0.5) is 0 Å². The van der Waals surface area contributed by atoms with Crippen molar-refractivity contribution in [1.82, 2.24) is 14.5 Å². The average molecular weight is 474 g/mol. The predicted molar refractivity (Wildman–Crippen MR) is 153 cm³/mol. The van der Waals surface area contributed by atoms with Crippen LogP contribution in [-0.2, 0) is 0 Å². The quantitative estimate of drug-likeness (QED) is 0.256. The fourth-order valence-corrected chi connectivity index (χ4v) is 5.07. The molecule has 5 aromatic carbocycles. The first kappa shape index (κ1) is 21.3. The van der Waals surface area contributed by atoms with Crippen molar-refractivity contribution in [2.24, 2.45) is 0 Å². The molecule has 0 N–H and O–H groups in total.